The summed E-state index contributed by atoms with van der Waals surface area (Å²) in [6.45, 7) is 0. The van der Waals surface area contributed by atoms with Crippen LogP contribution >= 0.6 is 0 Å². The van der Waals surface area contributed by atoms with E-state index in [9.17, 15) is 19.5 Å². The Morgan fingerprint density at radius 1 is 1.19 bits per heavy atom. The maximum absolute atomic E-state index is 11.4. The van der Waals surface area contributed by atoms with Gasteiger partial charge in [0.2, 0.25) is 11.8 Å². The molecule has 82 valence electrons. The van der Waals surface area contributed by atoms with E-state index >= 15 is 0 Å². The van der Waals surface area contributed by atoms with Crippen molar-refractivity contribution in [2.45, 2.75) is 12.8 Å². The highest BCUT2D eigenvalue weighted by Gasteiger charge is 2.30. The first-order valence-corrected chi connectivity index (χ1v) is 4.77. The van der Waals surface area contributed by atoms with Crippen LogP contribution in [-0.4, -0.2) is 23.2 Å². The molecular weight excluding hydrogens is 210 g/mol. The molecular formula is C11H9NO4. The van der Waals surface area contributed by atoms with Crippen molar-refractivity contribution in [3.05, 3.63) is 23.8 Å². The van der Waals surface area contributed by atoms with Crippen LogP contribution in [0.25, 0.3) is 0 Å². The Hall–Kier alpha value is -2.17. The molecule has 5 nitrogen and oxygen atoms in total. The zero-order valence-corrected chi connectivity index (χ0v) is 8.34. The molecule has 0 atom stereocenters. The molecule has 1 aliphatic rings. The van der Waals surface area contributed by atoms with Gasteiger partial charge in [-0.2, -0.15) is 0 Å². The van der Waals surface area contributed by atoms with Gasteiger partial charge in [-0.05, 0) is 18.2 Å². The van der Waals surface area contributed by atoms with Gasteiger partial charge in [-0.3, -0.25) is 19.3 Å². The molecule has 0 radical (unpaired) electrons. The van der Waals surface area contributed by atoms with Gasteiger partial charge in [0.25, 0.3) is 0 Å². The van der Waals surface area contributed by atoms with Crippen LogP contribution in [0.1, 0.15) is 23.2 Å². The van der Waals surface area contributed by atoms with Crippen molar-refractivity contribution in [3.63, 3.8) is 0 Å². The lowest BCUT2D eigenvalue weighted by Gasteiger charge is -2.14. The lowest BCUT2D eigenvalue weighted by atomic mass is 10.2. The average molecular weight is 219 g/mol. The summed E-state index contributed by atoms with van der Waals surface area (Å²) in [5.74, 6) is -0.738. The number of aldehydes is 1. The summed E-state index contributed by atoms with van der Waals surface area (Å²) in [4.78, 5) is 34.5. The largest absolute Gasteiger partial charge is 0.507 e. The molecule has 2 amide bonds. The smallest absolute Gasteiger partial charge is 0.234 e. The quantitative estimate of drug-likeness (QED) is 0.591. The number of imide groups is 1. The van der Waals surface area contributed by atoms with Gasteiger partial charge < -0.3 is 5.11 Å². The third-order valence-electron chi connectivity index (χ3n) is 2.45. The second-order valence-corrected chi connectivity index (χ2v) is 3.48. The van der Waals surface area contributed by atoms with Crippen LogP contribution in [0.2, 0.25) is 0 Å². The minimum Gasteiger partial charge on any atom is -0.507 e. The van der Waals surface area contributed by atoms with Crippen molar-refractivity contribution >= 4 is 23.8 Å². The van der Waals surface area contributed by atoms with Crippen LogP contribution < -0.4 is 4.90 Å². The van der Waals surface area contributed by atoms with Gasteiger partial charge >= 0.3 is 0 Å². The van der Waals surface area contributed by atoms with Gasteiger partial charge in [0, 0.05) is 12.8 Å². The number of phenolic OH excluding ortho intramolecular Hbond substituents is 1. The molecule has 0 unspecified atom stereocenters. The highest BCUT2D eigenvalue weighted by molar-refractivity contribution is 6.20. The monoisotopic (exact) mass is 219 g/mol. The lowest BCUT2D eigenvalue weighted by molar-refractivity contribution is -0.121. The number of amides is 2. The highest BCUT2D eigenvalue weighted by atomic mass is 16.3. The molecule has 0 saturated carbocycles. The third-order valence-corrected chi connectivity index (χ3v) is 2.45. The van der Waals surface area contributed by atoms with E-state index in [1.165, 1.54) is 18.2 Å². The van der Waals surface area contributed by atoms with Crippen LogP contribution in [0.4, 0.5) is 5.69 Å². The van der Waals surface area contributed by atoms with E-state index < -0.39 is 0 Å². The van der Waals surface area contributed by atoms with E-state index in [1.807, 2.05) is 0 Å². The van der Waals surface area contributed by atoms with E-state index in [0.717, 1.165) is 4.90 Å². The van der Waals surface area contributed by atoms with Crippen molar-refractivity contribution in [3.8, 4) is 5.75 Å². The number of carbonyl (C=O) groups excluding carboxylic acids is 3. The van der Waals surface area contributed by atoms with Gasteiger partial charge in [-0.25, -0.2) is 0 Å². The summed E-state index contributed by atoms with van der Waals surface area (Å²) in [5, 5.41) is 9.29. The molecule has 1 aliphatic heterocycles. The topological polar surface area (TPSA) is 74.7 Å². The van der Waals surface area contributed by atoms with Gasteiger partial charge in [-0.15, -0.1) is 0 Å². The first-order chi connectivity index (χ1) is 7.63. The molecule has 1 N–H and O–H groups in total. The van der Waals surface area contributed by atoms with Gasteiger partial charge in [0.1, 0.15) is 5.75 Å². The number of phenols is 1. The van der Waals surface area contributed by atoms with E-state index in [-0.39, 0.29) is 36.0 Å². The molecule has 0 aromatic heterocycles. The Bertz CT molecular complexity index is 465. The Kier molecular flexibility index (Phi) is 2.44. The van der Waals surface area contributed by atoms with Crippen molar-refractivity contribution < 1.29 is 19.5 Å². The second kappa shape index (κ2) is 3.77. The van der Waals surface area contributed by atoms with Crippen LogP contribution in [-0.2, 0) is 9.59 Å². The lowest BCUT2D eigenvalue weighted by Crippen LogP contribution is -2.28. The average Bonchev–Trinajstić information content (AvgIpc) is 2.60. The number of rotatable bonds is 2. The van der Waals surface area contributed by atoms with Gasteiger partial charge in [0.05, 0.1) is 11.3 Å². The van der Waals surface area contributed by atoms with Crippen LogP contribution in [0.15, 0.2) is 18.2 Å². The summed E-state index contributed by atoms with van der Waals surface area (Å²) >= 11 is 0. The van der Waals surface area contributed by atoms with Crippen molar-refractivity contribution in [1.29, 1.82) is 0 Å². The zero-order valence-electron chi connectivity index (χ0n) is 8.34. The number of nitrogens with zero attached hydrogens (tertiary/aromatic N) is 1. The molecule has 1 fully saturated rings. The third kappa shape index (κ3) is 1.56. The number of benzene rings is 1. The summed E-state index contributed by atoms with van der Waals surface area (Å²) < 4.78 is 0. The molecule has 1 aromatic rings. The first kappa shape index (κ1) is 10.4. The standard InChI is InChI=1S/C11H9NO4/c13-6-7-5-8(1-2-9(7)14)12-10(15)3-4-11(12)16/h1-2,5-6,14H,3-4H2. The Morgan fingerprint density at radius 3 is 2.38 bits per heavy atom. The van der Waals surface area contributed by atoms with Crippen LogP contribution in [0.3, 0.4) is 0 Å². The molecule has 5 heteroatoms. The number of anilines is 1. The van der Waals surface area contributed by atoms with Crippen LogP contribution in [0, 0.1) is 0 Å². The highest BCUT2D eigenvalue weighted by Crippen LogP contribution is 2.26. The number of carbonyl (C=O) groups is 3. The Balaban J connectivity index is 2.44. The summed E-state index contributed by atoms with van der Waals surface area (Å²) in [5.41, 5.74) is 0.386. The summed E-state index contributed by atoms with van der Waals surface area (Å²) in [7, 11) is 0. The predicted octanol–water partition coefficient (Wildman–Crippen LogP) is 0.858. The fourth-order valence-electron chi connectivity index (χ4n) is 1.64. The number of aromatic hydroxyl groups is 1. The van der Waals surface area contributed by atoms with E-state index in [1.54, 1.807) is 0 Å². The van der Waals surface area contributed by atoms with Crippen molar-refractivity contribution in [1.82, 2.24) is 0 Å². The van der Waals surface area contributed by atoms with Gasteiger partial charge in [-0.1, -0.05) is 0 Å². The molecule has 0 spiro atoms. The van der Waals surface area contributed by atoms with Crippen molar-refractivity contribution in [2.75, 3.05) is 4.90 Å². The maximum atomic E-state index is 11.4. The van der Waals surface area contributed by atoms with Gasteiger partial charge in [0.15, 0.2) is 6.29 Å². The van der Waals surface area contributed by atoms with Crippen LogP contribution in [0.5, 0.6) is 5.75 Å². The fourth-order valence-corrected chi connectivity index (χ4v) is 1.64. The molecule has 0 aliphatic carbocycles. The Labute approximate surface area is 91.3 Å². The van der Waals surface area contributed by atoms with Crippen molar-refractivity contribution in [2.24, 2.45) is 0 Å². The maximum Gasteiger partial charge on any atom is 0.234 e. The second-order valence-electron chi connectivity index (χ2n) is 3.48. The first-order valence-electron chi connectivity index (χ1n) is 4.77. The molecule has 2 rings (SSSR count). The molecule has 16 heavy (non-hydrogen) atoms. The Morgan fingerprint density at radius 2 is 1.81 bits per heavy atom. The summed E-state index contributed by atoms with van der Waals surface area (Å²) in [6.07, 6.45) is 0.857. The molecule has 1 saturated heterocycles. The number of hydrogen-bond donors (Lipinski definition) is 1. The molecule has 1 heterocycles. The van der Waals surface area contributed by atoms with E-state index in [4.69, 9.17) is 0 Å². The minimum absolute atomic E-state index is 0.0602. The predicted molar refractivity (Wildman–Crippen MR) is 55.2 cm³/mol. The zero-order chi connectivity index (χ0) is 11.7. The molecule has 0 bridgehead atoms. The minimum atomic E-state index is -0.285. The summed E-state index contributed by atoms with van der Waals surface area (Å²) in [6, 6.07) is 4.05. The van der Waals surface area contributed by atoms with E-state index in [0.29, 0.717) is 12.0 Å². The molecule has 1 aromatic carbocycles. The van der Waals surface area contributed by atoms with E-state index in [2.05, 4.69) is 0 Å². The SMILES string of the molecule is O=Cc1cc(N2C(=O)CCC2=O)ccc1O. The number of hydrogen-bond acceptors (Lipinski definition) is 4. The normalized spacial score (nSPS) is 15.6. The fraction of sp³-hybridized carbons (Fsp3) is 0.182.